The summed E-state index contributed by atoms with van der Waals surface area (Å²) < 4.78 is 31.7. The van der Waals surface area contributed by atoms with E-state index in [1.165, 1.54) is 11.3 Å². The molecular weight excluding hydrogens is 300 g/mol. The minimum absolute atomic E-state index is 0.0173. The van der Waals surface area contributed by atoms with Gasteiger partial charge in [0.25, 0.3) is 0 Å². The largest absolute Gasteiger partial charge is 0.340 e. The summed E-state index contributed by atoms with van der Waals surface area (Å²) in [7, 11) is -1.67. The van der Waals surface area contributed by atoms with E-state index in [4.69, 9.17) is 4.52 Å². The van der Waals surface area contributed by atoms with Crippen LogP contribution in [0.4, 0.5) is 0 Å². The fraction of sp³-hybridized carbons (Fsp3) is 0.455. The first-order valence-corrected chi connectivity index (χ1v) is 8.33. The van der Waals surface area contributed by atoms with Crippen LogP contribution in [0.5, 0.6) is 0 Å². The normalized spacial score (nSPS) is 11.9. The zero-order valence-corrected chi connectivity index (χ0v) is 12.8. The molecule has 2 heterocycles. The van der Waals surface area contributed by atoms with Crippen molar-refractivity contribution in [3.05, 3.63) is 28.7 Å². The summed E-state index contributed by atoms with van der Waals surface area (Å²) in [6.45, 7) is 2.48. The molecule has 0 amide bonds. The summed E-state index contributed by atoms with van der Waals surface area (Å²) >= 11 is 1.27. The summed E-state index contributed by atoms with van der Waals surface area (Å²) in [6, 6.07) is 3.44. The highest BCUT2D eigenvalue weighted by atomic mass is 32.2. The van der Waals surface area contributed by atoms with Crippen molar-refractivity contribution in [3.8, 4) is 0 Å². The number of hydrogen-bond donors (Lipinski definition) is 2. The average Bonchev–Trinajstić information content (AvgIpc) is 3.03. The Hall–Kier alpha value is -1.29. The van der Waals surface area contributed by atoms with E-state index >= 15 is 0 Å². The Morgan fingerprint density at radius 2 is 2.20 bits per heavy atom. The van der Waals surface area contributed by atoms with Crippen LogP contribution in [0.3, 0.4) is 0 Å². The summed E-state index contributed by atoms with van der Waals surface area (Å²) in [4.78, 5) is 4.97. The third kappa shape index (κ3) is 3.85. The summed E-state index contributed by atoms with van der Waals surface area (Å²) in [5.74, 6) is 0.725. The summed E-state index contributed by atoms with van der Waals surface area (Å²) in [6.07, 6.45) is 0.806. The highest BCUT2D eigenvalue weighted by Crippen LogP contribution is 2.21. The van der Waals surface area contributed by atoms with Crippen LogP contribution in [0.1, 0.15) is 16.6 Å². The molecule has 2 aromatic heterocycles. The van der Waals surface area contributed by atoms with E-state index in [-0.39, 0.29) is 6.54 Å². The second-order valence-electron chi connectivity index (χ2n) is 4.13. The van der Waals surface area contributed by atoms with E-state index in [2.05, 4.69) is 20.2 Å². The molecule has 20 heavy (non-hydrogen) atoms. The van der Waals surface area contributed by atoms with Crippen molar-refractivity contribution < 1.29 is 12.9 Å². The Balaban J connectivity index is 2.00. The van der Waals surface area contributed by atoms with Gasteiger partial charge in [-0.25, -0.2) is 13.1 Å². The number of thiophene rings is 1. The molecular formula is C11H16N4O3S2. The van der Waals surface area contributed by atoms with Gasteiger partial charge in [0.2, 0.25) is 15.9 Å². The van der Waals surface area contributed by atoms with Gasteiger partial charge in [-0.1, -0.05) is 5.16 Å². The molecule has 0 unspecified atom stereocenters. The van der Waals surface area contributed by atoms with Gasteiger partial charge in [-0.05, 0) is 32.1 Å². The molecule has 0 aliphatic carbocycles. The van der Waals surface area contributed by atoms with Crippen LogP contribution in [0, 0.1) is 6.92 Å². The molecule has 0 spiro atoms. The lowest BCUT2D eigenvalue weighted by Gasteiger charge is -2.01. The van der Waals surface area contributed by atoms with E-state index < -0.39 is 10.0 Å². The quantitative estimate of drug-likeness (QED) is 0.779. The maximum atomic E-state index is 12.1. The smallest absolute Gasteiger partial charge is 0.250 e. The van der Waals surface area contributed by atoms with Crippen LogP contribution < -0.4 is 10.0 Å². The number of aromatic nitrogens is 2. The van der Waals surface area contributed by atoms with E-state index in [0.29, 0.717) is 15.9 Å². The fourth-order valence-corrected chi connectivity index (χ4v) is 3.91. The lowest BCUT2D eigenvalue weighted by Crippen LogP contribution is -2.23. The van der Waals surface area contributed by atoms with Crippen LogP contribution in [-0.2, 0) is 23.0 Å². The number of aryl methyl sites for hydroxylation is 1. The first kappa shape index (κ1) is 15.1. The van der Waals surface area contributed by atoms with Crippen LogP contribution in [0.15, 0.2) is 20.9 Å². The van der Waals surface area contributed by atoms with Gasteiger partial charge in [0.15, 0.2) is 5.82 Å². The molecule has 0 aromatic carbocycles. The van der Waals surface area contributed by atoms with E-state index in [1.54, 1.807) is 13.0 Å². The van der Waals surface area contributed by atoms with Crippen molar-refractivity contribution in [1.29, 1.82) is 0 Å². The van der Waals surface area contributed by atoms with Gasteiger partial charge >= 0.3 is 0 Å². The Bertz CT molecular complexity index is 663. The standard InChI is InChI=1S/C11H16N4O3S2/c1-8-14-10(15-18-8)7-13-20(16,17)11-4-3-9(19-11)5-6-12-2/h3-4,12-13H,5-7H2,1-2H3. The Kier molecular flexibility index (Phi) is 4.86. The summed E-state index contributed by atoms with van der Waals surface area (Å²) in [5, 5.41) is 6.67. The van der Waals surface area contributed by atoms with Crippen molar-refractivity contribution in [2.45, 2.75) is 24.1 Å². The van der Waals surface area contributed by atoms with Crippen LogP contribution in [0.25, 0.3) is 0 Å². The SMILES string of the molecule is CNCCc1ccc(S(=O)(=O)NCc2noc(C)n2)s1. The predicted molar refractivity (Wildman–Crippen MR) is 75.0 cm³/mol. The molecule has 110 valence electrons. The molecule has 0 bridgehead atoms. The van der Waals surface area contributed by atoms with Gasteiger partial charge in [-0.2, -0.15) is 4.98 Å². The van der Waals surface area contributed by atoms with Gasteiger partial charge in [-0.15, -0.1) is 11.3 Å². The Morgan fingerprint density at radius 3 is 2.85 bits per heavy atom. The Labute approximate surface area is 121 Å². The highest BCUT2D eigenvalue weighted by Gasteiger charge is 2.17. The van der Waals surface area contributed by atoms with Gasteiger partial charge < -0.3 is 9.84 Å². The van der Waals surface area contributed by atoms with Crippen molar-refractivity contribution in [3.63, 3.8) is 0 Å². The van der Waals surface area contributed by atoms with Crippen molar-refractivity contribution in [2.75, 3.05) is 13.6 Å². The molecule has 0 aliphatic rings. The molecule has 2 N–H and O–H groups in total. The Morgan fingerprint density at radius 1 is 1.40 bits per heavy atom. The maximum absolute atomic E-state index is 12.1. The molecule has 0 radical (unpaired) electrons. The molecule has 2 aromatic rings. The number of rotatable bonds is 7. The minimum Gasteiger partial charge on any atom is -0.340 e. The minimum atomic E-state index is -3.53. The molecule has 0 atom stereocenters. The molecule has 7 nitrogen and oxygen atoms in total. The van der Waals surface area contributed by atoms with Crippen molar-refractivity contribution >= 4 is 21.4 Å². The lowest BCUT2D eigenvalue weighted by molar-refractivity contribution is 0.387. The molecule has 0 saturated carbocycles. The number of likely N-dealkylation sites (N-methyl/N-ethyl adjacent to an activating group) is 1. The van der Waals surface area contributed by atoms with Gasteiger partial charge in [-0.3, -0.25) is 0 Å². The molecule has 0 saturated heterocycles. The molecule has 2 rings (SSSR count). The number of sulfonamides is 1. The van der Waals surface area contributed by atoms with E-state index in [1.807, 2.05) is 13.1 Å². The molecule has 0 fully saturated rings. The van der Waals surface area contributed by atoms with Crippen molar-refractivity contribution in [1.82, 2.24) is 20.2 Å². The second-order valence-corrected chi connectivity index (χ2v) is 7.29. The van der Waals surface area contributed by atoms with Crippen LogP contribution in [-0.4, -0.2) is 32.2 Å². The number of nitrogens with one attached hydrogen (secondary N) is 2. The third-order valence-electron chi connectivity index (χ3n) is 2.51. The molecule has 0 aliphatic heterocycles. The average molecular weight is 316 g/mol. The maximum Gasteiger partial charge on any atom is 0.250 e. The summed E-state index contributed by atoms with van der Waals surface area (Å²) in [5.41, 5.74) is 0. The number of nitrogens with zero attached hydrogens (tertiary/aromatic N) is 2. The zero-order valence-electron chi connectivity index (χ0n) is 11.2. The third-order valence-corrected chi connectivity index (χ3v) is 5.55. The van der Waals surface area contributed by atoms with Crippen LogP contribution in [0.2, 0.25) is 0 Å². The first-order valence-electron chi connectivity index (χ1n) is 6.03. The second kappa shape index (κ2) is 6.44. The van der Waals surface area contributed by atoms with Gasteiger partial charge in [0, 0.05) is 11.8 Å². The van der Waals surface area contributed by atoms with Crippen molar-refractivity contribution in [2.24, 2.45) is 0 Å². The monoisotopic (exact) mass is 316 g/mol. The predicted octanol–water partition coefficient (Wildman–Crippen LogP) is 0.680. The molecule has 9 heteroatoms. The number of hydrogen-bond acceptors (Lipinski definition) is 7. The van der Waals surface area contributed by atoms with E-state index in [0.717, 1.165) is 17.8 Å². The zero-order chi connectivity index (χ0) is 14.6. The highest BCUT2D eigenvalue weighted by molar-refractivity contribution is 7.91. The lowest BCUT2D eigenvalue weighted by atomic mass is 10.3. The van der Waals surface area contributed by atoms with Gasteiger partial charge in [0.1, 0.15) is 4.21 Å². The van der Waals surface area contributed by atoms with Gasteiger partial charge in [0.05, 0.1) is 6.54 Å². The topological polar surface area (TPSA) is 97.1 Å². The van der Waals surface area contributed by atoms with E-state index in [9.17, 15) is 8.42 Å². The van der Waals surface area contributed by atoms with Crippen LogP contribution >= 0.6 is 11.3 Å². The fourth-order valence-electron chi connectivity index (χ4n) is 1.53. The first-order chi connectivity index (χ1) is 9.51.